The number of rotatable bonds is 2. The van der Waals surface area contributed by atoms with E-state index in [9.17, 15) is 4.21 Å². The largest absolute Gasteiger partial charge is 0.497 e. The third-order valence-corrected chi connectivity index (χ3v) is 6.11. The highest BCUT2D eigenvalue weighted by Gasteiger charge is 2.14. The summed E-state index contributed by atoms with van der Waals surface area (Å²) >= 11 is 0. The van der Waals surface area contributed by atoms with Gasteiger partial charge in [-0.05, 0) is 42.3 Å². The summed E-state index contributed by atoms with van der Waals surface area (Å²) in [4.78, 5) is 9.93. The Morgan fingerprint density at radius 2 is 2.00 bits per heavy atom. The molecule has 4 bridgehead atoms. The third-order valence-electron chi connectivity index (χ3n) is 4.71. The fourth-order valence-corrected chi connectivity index (χ4v) is 4.22. The Hall–Kier alpha value is -2.97. The Kier molecular flexibility index (Phi) is 5.73. The molecule has 0 saturated heterocycles. The number of hydrogen-bond acceptors (Lipinski definition) is 6. The maximum absolute atomic E-state index is 12.7. The molecule has 150 valence electrons. The third kappa shape index (κ3) is 4.38. The summed E-state index contributed by atoms with van der Waals surface area (Å²) in [6.07, 6.45) is 2.64. The molecule has 8 heteroatoms. The highest BCUT2D eigenvalue weighted by Crippen LogP contribution is 2.29. The number of anilines is 3. The van der Waals surface area contributed by atoms with E-state index in [0.29, 0.717) is 19.0 Å². The van der Waals surface area contributed by atoms with Crippen LogP contribution in [0, 0.1) is 0 Å². The predicted molar refractivity (Wildman–Crippen MR) is 116 cm³/mol. The van der Waals surface area contributed by atoms with E-state index < -0.39 is 11.0 Å². The second-order valence-electron chi connectivity index (χ2n) is 6.72. The van der Waals surface area contributed by atoms with E-state index in [1.807, 2.05) is 66.1 Å². The van der Waals surface area contributed by atoms with E-state index in [0.717, 1.165) is 39.7 Å². The summed E-state index contributed by atoms with van der Waals surface area (Å²) in [6.45, 7) is 1.41. The van der Waals surface area contributed by atoms with Crippen LogP contribution in [0.25, 0.3) is 11.1 Å². The first-order valence-corrected chi connectivity index (χ1v) is 10.5. The first kappa shape index (κ1) is 19.4. The van der Waals surface area contributed by atoms with Crippen LogP contribution in [0.4, 0.5) is 17.5 Å². The van der Waals surface area contributed by atoms with Gasteiger partial charge in [-0.1, -0.05) is 18.2 Å². The fourth-order valence-electron chi connectivity index (χ4n) is 3.14. The Balaban J connectivity index is 1.71. The lowest BCUT2D eigenvalue weighted by Crippen LogP contribution is -2.24. The molecule has 0 amide bonds. The van der Waals surface area contributed by atoms with Gasteiger partial charge in [-0.3, -0.25) is 0 Å². The van der Waals surface area contributed by atoms with Crippen LogP contribution in [0.15, 0.2) is 59.6 Å². The first-order chi connectivity index (χ1) is 14.1. The summed E-state index contributed by atoms with van der Waals surface area (Å²) in [5.74, 6) is 2.05. The van der Waals surface area contributed by atoms with E-state index in [4.69, 9.17) is 9.72 Å². The van der Waals surface area contributed by atoms with Gasteiger partial charge in [0.05, 0.1) is 12.0 Å². The molecule has 0 spiro atoms. The quantitative estimate of drug-likeness (QED) is 0.672. The molecule has 29 heavy (non-hydrogen) atoms. The van der Waals surface area contributed by atoms with Gasteiger partial charge in [0.15, 0.2) is 0 Å². The normalized spacial score (nSPS) is 17.1. The van der Waals surface area contributed by atoms with Gasteiger partial charge in [-0.2, -0.15) is 4.98 Å². The second-order valence-corrected chi connectivity index (χ2v) is 8.31. The molecule has 4 rings (SSSR count). The summed E-state index contributed by atoms with van der Waals surface area (Å²) in [6, 6.07) is 15.4. The van der Waals surface area contributed by atoms with Gasteiger partial charge in [0, 0.05) is 37.6 Å². The van der Waals surface area contributed by atoms with Gasteiger partial charge in [0.25, 0.3) is 0 Å². The molecule has 0 aliphatic carbocycles. The maximum Gasteiger partial charge on any atom is 0.229 e. The lowest BCUT2D eigenvalue weighted by molar-refractivity contribution is 0.415. The number of fused-ring (bicyclic) bond motifs is 4. The average molecular weight is 410 g/mol. The number of aromatic nitrogens is 2. The van der Waals surface area contributed by atoms with E-state index in [1.54, 1.807) is 7.11 Å². The Bertz CT molecular complexity index is 1030. The van der Waals surface area contributed by atoms with E-state index >= 15 is 0 Å². The Morgan fingerprint density at radius 3 is 2.79 bits per heavy atom. The minimum Gasteiger partial charge on any atom is -0.497 e. The van der Waals surface area contributed by atoms with Gasteiger partial charge >= 0.3 is 0 Å². The van der Waals surface area contributed by atoms with Crippen LogP contribution in [0.5, 0.6) is 5.75 Å². The summed E-state index contributed by atoms with van der Waals surface area (Å²) in [7, 11) is 2.32. The number of nitrogens with zero attached hydrogens (tertiary/aromatic N) is 3. The summed E-state index contributed by atoms with van der Waals surface area (Å²) in [5, 5.41) is 6.63. The number of hydrogen-bond donors (Lipinski definition) is 2. The monoisotopic (exact) mass is 409 g/mol. The molecule has 2 heterocycles. The maximum atomic E-state index is 12.7. The van der Waals surface area contributed by atoms with Crippen LogP contribution < -0.4 is 15.4 Å². The second kappa shape index (κ2) is 8.59. The van der Waals surface area contributed by atoms with Crippen molar-refractivity contribution in [1.82, 2.24) is 14.3 Å². The molecule has 0 fully saturated rings. The zero-order chi connectivity index (χ0) is 20.2. The molecule has 1 atom stereocenters. The lowest BCUT2D eigenvalue weighted by Gasteiger charge is -2.16. The zero-order valence-corrected chi connectivity index (χ0v) is 17.2. The van der Waals surface area contributed by atoms with Crippen molar-refractivity contribution < 1.29 is 8.95 Å². The highest BCUT2D eigenvalue weighted by atomic mass is 32.2. The zero-order valence-electron chi connectivity index (χ0n) is 16.4. The van der Waals surface area contributed by atoms with E-state index in [-0.39, 0.29) is 0 Å². The SMILES string of the molecule is COc1ccc(-c2cnc3nc2NCCCN(C)S(=O)c2cccc(c2)N3)cc1. The van der Waals surface area contributed by atoms with Crippen molar-refractivity contribution in [1.29, 1.82) is 0 Å². The average Bonchev–Trinajstić information content (AvgIpc) is 2.76. The minimum atomic E-state index is -1.21. The van der Waals surface area contributed by atoms with Gasteiger partial charge < -0.3 is 15.4 Å². The number of nitrogens with one attached hydrogen (secondary N) is 2. The summed E-state index contributed by atoms with van der Waals surface area (Å²) < 4.78 is 19.8. The number of ether oxygens (including phenoxy) is 1. The standard InChI is InChI=1S/C21H23N5O2S/c1-26-12-4-11-22-20-19(15-7-9-17(28-2)10-8-15)14-23-21(25-20)24-16-5-3-6-18(13-16)29(26)27/h3,5-10,13-14H,4,11-12H2,1-2H3,(H2,22,23,24,25). The molecule has 2 aromatic carbocycles. The van der Waals surface area contributed by atoms with Gasteiger partial charge in [-0.25, -0.2) is 13.5 Å². The van der Waals surface area contributed by atoms with Crippen molar-refractivity contribution in [2.75, 3.05) is 37.9 Å². The molecule has 1 unspecified atom stereocenters. The van der Waals surface area contributed by atoms with Crippen LogP contribution in [0.2, 0.25) is 0 Å². The van der Waals surface area contributed by atoms with Crippen molar-refractivity contribution in [3.05, 3.63) is 54.7 Å². The van der Waals surface area contributed by atoms with Crippen molar-refractivity contribution in [3.63, 3.8) is 0 Å². The van der Waals surface area contributed by atoms with Gasteiger partial charge in [-0.15, -0.1) is 0 Å². The molecule has 0 radical (unpaired) electrons. The molecular formula is C21H23N5O2S. The van der Waals surface area contributed by atoms with Crippen molar-refractivity contribution >= 4 is 28.4 Å². The molecular weight excluding hydrogens is 386 g/mol. The first-order valence-electron chi connectivity index (χ1n) is 9.39. The summed E-state index contributed by atoms with van der Waals surface area (Å²) in [5.41, 5.74) is 2.72. The molecule has 1 aliphatic rings. The van der Waals surface area contributed by atoms with Crippen molar-refractivity contribution in [3.8, 4) is 16.9 Å². The van der Waals surface area contributed by atoms with Crippen molar-refractivity contribution in [2.45, 2.75) is 11.3 Å². The fraction of sp³-hybridized carbons (Fsp3) is 0.238. The van der Waals surface area contributed by atoms with Crippen LogP contribution in [-0.4, -0.2) is 45.7 Å². The number of benzene rings is 2. The smallest absolute Gasteiger partial charge is 0.229 e. The molecule has 0 saturated carbocycles. The van der Waals surface area contributed by atoms with Crippen LogP contribution in [0.1, 0.15) is 6.42 Å². The lowest BCUT2D eigenvalue weighted by atomic mass is 10.1. The molecule has 1 aromatic heterocycles. The Labute approximate surface area is 172 Å². The molecule has 3 aromatic rings. The number of methoxy groups -OCH3 is 1. The van der Waals surface area contributed by atoms with Crippen LogP contribution >= 0.6 is 0 Å². The van der Waals surface area contributed by atoms with Gasteiger partial charge in [0.1, 0.15) is 22.6 Å². The van der Waals surface area contributed by atoms with Crippen LogP contribution in [0.3, 0.4) is 0 Å². The van der Waals surface area contributed by atoms with Crippen molar-refractivity contribution in [2.24, 2.45) is 0 Å². The van der Waals surface area contributed by atoms with Gasteiger partial charge in [0.2, 0.25) is 5.95 Å². The van der Waals surface area contributed by atoms with E-state index in [1.165, 1.54) is 0 Å². The topological polar surface area (TPSA) is 79.4 Å². The minimum absolute atomic E-state index is 0.486. The van der Waals surface area contributed by atoms with Crippen LogP contribution in [-0.2, 0) is 11.0 Å². The Morgan fingerprint density at radius 1 is 1.17 bits per heavy atom. The highest BCUT2D eigenvalue weighted by molar-refractivity contribution is 7.82. The van der Waals surface area contributed by atoms with E-state index in [2.05, 4.69) is 15.6 Å². The molecule has 7 nitrogen and oxygen atoms in total. The molecule has 2 N–H and O–H groups in total. The molecule has 1 aliphatic heterocycles. The predicted octanol–water partition coefficient (Wildman–Crippen LogP) is 3.67.